The number of para-hydroxylation sites is 1. The van der Waals surface area contributed by atoms with Crippen molar-refractivity contribution in [3.05, 3.63) is 53.9 Å². The Balaban J connectivity index is 1.67. The number of alkyl halides is 2. The minimum atomic E-state index is -3.04. The Bertz CT molecular complexity index is 766. The summed E-state index contributed by atoms with van der Waals surface area (Å²) < 4.78 is 35.2. The third-order valence-corrected chi connectivity index (χ3v) is 4.42. The minimum absolute atomic E-state index is 0.0790. The summed E-state index contributed by atoms with van der Waals surface area (Å²) in [5, 5.41) is 0. The molecule has 3 rings (SSSR count). The molecule has 0 aliphatic carbocycles. The Morgan fingerprint density at radius 3 is 2.59 bits per heavy atom. The second kappa shape index (κ2) is 8.77. The zero-order valence-electron chi connectivity index (χ0n) is 15.0. The first kappa shape index (κ1) is 19.0. The smallest absolute Gasteiger partial charge is 0.387 e. The van der Waals surface area contributed by atoms with Gasteiger partial charge in [-0.1, -0.05) is 12.1 Å². The molecule has 1 aliphatic rings. The highest BCUT2D eigenvalue weighted by Crippen LogP contribution is 2.33. The molecule has 0 spiro atoms. The molecule has 0 unspecified atom stereocenters. The van der Waals surface area contributed by atoms with Crippen LogP contribution >= 0.6 is 0 Å². The van der Waals surface area contributed by atoms with Crippen LogP contribution in [0.2, 0.25) is 0 Å². The number of hydrogen-bond acceptors (Lipinski definition) is 5. The molecular weight excluding hydrogens is 356 g/mol. The van der Waals surface area contributed by atoms with E-state index in [0.717, 1.165) is 12.1 Å². The number of carbonyl (C=O) groups excluding carboxylic acids is 1. The molecule has 1 aromatic heterocycles. The molecule has 8 heteroatoms. The Morgan fingerprint density at radius 1 is 1.19 bits per heavy atom. The lowest BCUT2D eigenvalue weighted by atomic mass is 10.1. The fourth-order valence-corrected chi connectivity index (χ4v) is 3.08. The third kappa shape index (κ3) is 4.71. The van der Waals surface area contributed by atoms with Gasteiger partial charge in [0.15, 0.2) is 11.5 Å². The van der Waals surface area contributed by atoms with Crippen molar-refractivity contribution in [3.63, 3.8) is 0 Å². The number of nitrogens with zero attached hydrogens (tertiary/aromatic N) is 3. The van der Waals surface area contributed by atoms with Crippen molar-refractivity contribution in [2.45, 2.75) is 13.2 Å². The fourth-order valence-electron chi connectivity index (χ4n) is 3.08. The fraction of sp³-hybridized carbons (Fsp3) is 0.368. The predicted molar refractivity (Wildman–Crippen MR) is 95.0 cm³/mol. The molecule has 2 aromatic rings. The quantitative estimate of drug-likeness (QED) is 0.775. The lowest BCUT2D eigenvalue weighted by Gasteiger charge is -2.35. The number of aromatic nitrogens is 1. The van der Waals surface area contributed by atoms with Gasteiger partial charge in [-0.05, 0) is 23.8 Å². The number of ether oxygens (including phenoxy) is 2. The zero-order chi connectivity index (χ0) is 19.2. The van der Waals surface area contributed by atoms with Crippen molar-refractivity contribution in [2.75, 3.05) is 33.3 Å². The van der Waals surface area contributed by atoms with Crippen molar-refractivity contribution >= 4 is 5.91 Å². The van der Waals surface area contributed by atoms with Crippen LogP contribution in [0.25, 0.3) is 0 Å². The number of benzene rings is 1. The molecule has 1 fully saturated rings. The SMILES string of the molecule is COc1cccc(C(=O)N2CCN(Cc3cccnc3)CC2)c1OC(F)F. The second-order valence-electron chi connectivity index (χ2n) is 6.15. The monoisotopic (exact) mass is 377 g/mol. The van der Waals surface area contributed by atoms with E-state index in [2.05, 4.69) is 14.6 Å². The van der Waals surface area contributed by atoms with Gasteiger partial charge < -0.3 is 14.4 Å². The number of carbonyl (C=O) groups is 1. The van der Waals surface area contributed by atoms with Gasteiger partial charge in [-0.25, -0.2) is 0 Å². The van der Waals surface area contributed by atoms with Crippen LogP contribution in [0.1, 0.15) is 15.9 Å². The van der Waals surface area contributed by atoms with E-state index in [0.29, 0.717) is 26.2 Å². The van der Waals surface area contributed by atoms with Gasteiger partial charge in [0.05, 0.1) is 12.7 Å². The first-order valence-corrected chi connectivity index (χ1v) is 8.61. The molecule has 144 valence electrons. The molecule has 0 bridgehead atoms. The van der Waals surface area contributed by atoms with E-state index in [1.165, 1.54) is 19.2 Å². The van der Waals surface area contributed by atoms with E-state index in [1.807, 2.05) is 18.3 Å². The van der Waals surface area contributed by atoms with Crippen molar-refractivity contribution in [1.29, 1.82) is 0 Å². The Kier molecular flexibility index (Phi) is 6.18. The zero-order valence-corrected chi connectivity index (χ0v) is 15.0. The molecule has 1 aliphatic heterocycles. The Morgan fingerprint density at radius 2 is 1.96 bits per heavy atom. The summed E-state index contributed by atoms with van der Waals surface area (Å²) >= 11 is 0. The van der Waals surface area contributed by atoms with Gasteiger partial charge in [-0.2, -0.15) is 8.78 Å². The molecule has 2 heterocycles. The molecule has 1 amide bonds. The van der Waals surface area contributed by atoms with Gasteiger partial charge in [0, 0.05) is 45.1 Å². The highest BCUT2D eigenvalue weighted by molar-refractivity contribution is 5.98. The minimum Gasteiger partial charge on any atom is -0.493 e. The number of piperazine rings is 1. The van der Waals surface area contributed by atoms with Gasteiger partial charge in [0.25, 0.3) is 5.91 Å². The van der Waals surface area contributed by atoms with Crippen molar-refractivity contribution in [3.8, 4) is 11.5 Å². The molecule has 1 saturated heterocycles. The maximum Gasteiger partial charge on any atom is 0.387 e. The van der Waals surface area contributed by atoms with Gasteiger partial charge >= 0.3 is 6.61 Å². The highest BCUT2D eigenvalue weighted by Gasteiger charge is 2.27. The molecule has 1 aromatic carbocycles. The molecule has 6 nitrogen and oxygen atoms in total. The van der Waals surface area contributed by atoms with E-state index in [1.54, 1.807) is 17.2 Å². The van der Waals surface area contributed by atoms with Gasteiger partial charge in [-0.15, -0.1) is 0 Å². The summed E-state index contributed by atoms with van der Waals surface area (Å²) in [7, 11) is 1.35. The predicted octanol–water partition coefficient (Wildman–Crippen LogP) is 2.65. The lowest BCUT2D eigenvalue weighted by Crippen LogP contribution is -2.48. The lowest BCUT2D eigenvalue weighted by molar-refractivity contribution is -0.0517. The summed E-state index contributed by atoms with van der Waals surface area (Å²) in [6.45, 7) is 0.110. The summed E-state index contributed by atoms with van der Waals surface area (Å²) in [6.07, 6.45) is 3.55. The summed E-state index contributed by atoms with van der Waals surface area (Å²) in [6, 6.07) is 8.45. The Hall–Kier alpha value is -2.74. The standard InChI is InChI=1S/C19H21F2N3O3/c1-26-16-6-2-5-15(17(16)27-19(20)21)18(25)24-10-8-23(9-11-24)13-14-4-3-7-22-12-14/h2-7,12,19H,8-11,13H2,1H3. The average Bonchev–Trinajstić information content (AvgIpc) is 2.68. The van der Waals surface area contributed by atoms with Crippen LogP contribution in [0.5, 0.6) is 11.5 Å². The largest absolute Gasteiger partial charge is 0.493 e. The third-order valence-electron chi connectivity index (χ3n) is 4.42. The second-order valence-corrected chi connectivity index (χ2v) is 6.15. The molecular formula is C19H21F2N3O3. The van der Waals surface area contributed by atoms with Crippen LogP contribution in [-0.2, 0) is 6.54 Å². The molecule has 27 heavy (non-hydrogen) atoms. The normalized spacial score (nSPS) is 15.0. The first-order valence-electron chi connectivity index (χ1n) is 8.61. The van der Waals surface area contributed by atoms with Gasteiger partial charge in [-0.3, -0.25) is 14.7 Å². The van der Waals surface area contributed by atoms with Crippen molar-refractivity contribution in [1.82, 2.24) is 14.8 Å². The number of amides is 1. The van der Waals surface area contributed by atoms with Crippen molar-refractivity contribution < 1.29 is 23.0 Å². The average molecular weight is 377 g/mol. The van der Waals surface area contributed by atoms with Crippen LogP contribution in [0.4, 0.5) is 8.78 Å². The number of methoxy groups -OCH3 is 1. The number of halogens is 2. The number of rotatable bonds is 6. The molecule has 0 saturated carbocycles. The first-order chi connectivity index (χ1) is 13.1. The van der Waals surface area contributed by atoms with Crippen LogP contribution in [0.3, 0.4) is 0 Å². The summed E-state index contributed by atoms with van der Waals surface area (Å²) in [5.41, 5.74) is 1.19. The van der Waals surface area contributed by atoms with Gasteiger partial charge in [0.1, 0.15) is 0 Å². The summed E-state index contributed by atoms with van der Waals surface area (Å²) in [4.78, 5) is 20.8. The van der Waals surface area contributed by atoms with E-state index < -0.39 is 6.61 Å². The summed E-state index contributed by atoms with van der Waals surface area (Å²) in [5.74, 6) is -0.459. The van der Waals surface area contributed by atoms with Crippen LogP contribution in [-0.4, -0.2) is 60.6 Å². The molecule has 0 N–H and O–H groups in total. The van der Waals surface area contributed by atoms with E-state index in [9.17, 15) is 13.6 Å². The van der Waals surface area contributed by atoms with E-state index >= 15 is 0 Å². The Labute approximate surface area is 156 Å². The number of hydrogen-bond donors (Lipinski definition) is 0. The highest BCUT2D eigenvalue weighted by atomic mass is 19.3. The maximum atomic E-state index is 12.9. The van der Waals surface area contributed by atoms with Crippen LogP contribution < -0.4 is 9.47 Å². The van der Waals surface area contributed by atoms with E-state index in [4.69, 9.17) is 4.74 Å². The number of pyridine rings is 1. The van der Waals surface area contributed by atoms with Gasteiger partial charge in [0.2, 0.25) is 0 Å². The van der Waals surface area contributed by atoms with Crippen LogP contribution in [0.15, 0.2) is 42.7 Å². The topological polar surface area (TPSA) is 54.9 Å². The molecule has 0 radical (unpaired) electrons. The maximum absolute atomic E-state index is 12.9. The molecule has 0 atom stereocenters. The van der Waals surface area contributed by atoms with E-state index in [-0.39, 0.29) is 23.0 Å². The van der Waals surface area contributed by atoms with Crippen molar-refractivity contribution in [2.24, 2.45) is 0 Å². The van der Waals surface area contributed by atoms with Crippen LogP contribution in [0, 0.1) is 0 Å².